The molecule has 1 aliphatic heterocycles. The molecular formula is C11H20F2N2O2. The summed E-state index contributed by atoms with van der Waals surface area (Å²) in [5, 5.41) is 2.97. The van der Waals surface area contributed by atoms with Crippen LogP contribution in [-0.4, -0.2) is 56.1 Å². The Labute approximate surface area is 100 Å². The fraction of sp³-hybridized carbons (Fsp3) is 0.909. The van der Waals surface area contributed by atoms with Crippen molar-refractivity contribution in [2.45, 2.75) is 32.2 Å². The first-order valence-electron chi connectivity index (χ1n) is 5.99. The zero-order valence-corrected chi connectivity index (χ0v) is 10.1. The molecule has 0 aromatic rings. The van der Waals surface area contributed by atoms with E-state index in [1.807, 2.05) is 4.90 Å². The molecule has 1 saturated heterocycles. The van der Waals surface area contributed by atoms with Gasteiger partial charge in [-0.3, -0.25) is 4.79 Å². The Morgan fingerprint density at radius 1 is 1.41 bits per heavy atom. The lowest BCUT2D eigenvalue weighted by molar-refractivity contribution is -0.132. The van der Waals surface area contributed by atoms with Gasteiger partial charge in [-0.15, -0.1) is 0 Å². The lowest BCUT2D eigenvalue weighted by atomic mass is 10.3. The Kier molecular flexibility index (Phi) is 6.36. The number of hydrogen-bond acceptors (Lipinski definition) is 3. The van der Waals surface area contributed by atoms with Gasteiger partial charge in [0.15, 0.2) is 0 Å². The summed E-state index contributed by atoms with van der Waals surface area (Å²) in [6.45, 7) is 3.50. The number of rotatable bonds is 7. The Morgan fingerprint density at radius 2 is 2.06 bits per heavy atom. The molecule has 1 rings (SSSR count). The molecule has 1 aliphatic rings. The fourth-order valence-corrected chi connectivity index (χ4v) is 1.82. The monoisotopic (exact) mass is 250 g/mol. The van der Waals surface area contributed by atoms with E-state index in [9.17, 15) is 13.6 Å². The molecule has 0 saturated carbocycles. The Hall–Kier alpha value is -0.750. The van der Waals surface area contributed by atoms with E-state index in [0.717, 1.165) is 25.9 Å². The molecule has 0 spiro atoms. The van der Waals surface area contributed by atoms with Gasteiger partial charge in [-0.05, 0) is 19.8 Å². The average molecular weight is 250 g/mol. The molecule has 17 heavy (non-hydrogen) atoms. The van der Waals surface area contributed by atoms with Crippen LogP contribution in [0.15, 0.2) is 0 Å². The van der Waals surface area contributed by atoms with Crippen LogP contribution >= 0.6 is 0 Å². The molecular weight excluding hydrogens is 230 g/mol. The van der Waals surface area contributed by atoms with Crippen molar-refractivity contribution in [1.82, 2.24) is 10.2 Å². The fourth-order valence-electron chi connectivity index (χ4n) is 1.82. The summed E-state index contributed by atoms with van der Waals surface area (Å²) in [4.78, 5) is 13.7. The van der Waals surface area contributed by atoms with Crippen molar-refractivity contribution >= 4 is 5.91 Å². The van der Waals surface area contributed by atoms with Crippen LogP contribution in [0.3, 0.4) is 0 Å². The minimum Gasteiger partial charge on any atom is -0.374 e. The van der Waals surface area contributed by atoms with Crippen molar-refractivity contribution in [1.29, 1.82) is 0 Å². The highest BCUT2D eigenvalue weighted by Gasteiger charge is 2.22. The number of hydrogen-bond donors (Lipinski definition) is 1. The molecule has 1 atom stereocenters. The molecule has 1 heterocycles. The molecule has 0 aliphatic carbocycles. The van der Waals surface area contributed by atoms with Crippen LogP contribution in [0.25, 0.3) is 0 Å². The zero-order chi connectivity index (χ0) is 12.7. The van der Waals surface area contributed by atoms with Crippen LogP contribution in [0.2, 0.25) is 0 Å². The first-order chi connectivity index (χ1) is 8.11. The van der Waals surface area contributed by atoms with Gasteiger partial charge in [0.25, 0.3) is 6.43 Å². The Balaban J connectivity index is 2.07. The summed E-state index contributed by atoms with van der Waals surface area (Å²) in [5.74, 6) is 0.0800. The number of nitrogens with zero attached hydrogens (tertiary/aromatic N) is 1. The highest BCUT2D eigenvalue weighted by atomic mass is 19.3. The number of ether oxygens (including phenoxy) is 1. The van der Waals surface area contributed by atoms with E-state index in [4.69, 9.17) is 4.74 Å². The molecule has 100 valence electrons. The third kappa shape index (κ3) is 5.41. The molecule has 0 aromatic heterocycles. The second-order valence-electron chi connectivity index (χ2n) is 4.17. The number of carbonyl (C=O) groups is 1. The number of nitrogens with one attached hydrogen (secondary N) is 1. The number of likely N-dealkylation sites (tertiary alicyclic amines) is 1. The highest BCUT2D eigenvalue weighted by molar-refractivity contribution is 5.81. The van der Waals surface area contributed by atoms with E-state index in [2.05, 4.69) is 5.32 Å². The van der Waals surface area contributed by atoms with Gasteiger partial charge in [0.2, 0.25) is 5.91 Å². The number of amides is 1. The summed E-state index contributed by atoms with van der Waals surface area (Å²) in [6, 6.07) is -0.275. The van der Waals surface area contributed by atoms with Crippen LogP contribution < -0.4 is 5.32 Å². The molecule has 0 aromatic carbocycles. The van der Waals surface area contributed by atoms with Gasteiger partial charge in [-0.2, -0.15) is 0 Å². The lowest BCUT2D eigenvalue weighted by Crippen LogP contribution is -2.44. The molecule has 1 unspecified atom stereocenters. The highest BCUT2D eigenvalue weighted by Crippen LogP contribution is 2.08. The largest absolute Gasteiger partial charge is 0.374 e. The summed E-state index contributed by atoms with van der Waals surface area (Å²) in [7, 11) is 0. The standard InChI is InChI=1S/C11H20F2N2O2/c1-9(11(16)15-5-2-3-6-15)14-4-7-17-8-10(12)13/h9-10,14H,2-8H2,1H3. The van der Waals surface area contributed by atoms with Crippen LogP contribution in [0.4, 0.5) is 8.78 Å². The lowest BCUT2D eigenvalue weighted by Gasteiger charge is -2.21. The van der Waals surface area contributed by atoms with E-state index >= 15 is 0 Å². The summed E-state index contributed by atoms with van der Waals surface area (Å²) in [6.07, 6.45) is -0.301. The van der Waals surface area contributed by atoms with Gasteiger partial charge in [-0.25, -0.2) is 8.78 Å². The molecule has 1 fully saturated rings. The Bertz CT molecular complexity index is 234. The SMILES string of the molecule is CC(NCCOCC(F)F)C(=O)N1CCCC1. The van der Waals surface area contributed by atoms with Gasteiger partial charge >= 0.3 is 0 Å². The van der Waals surface area contributed by atoms with Crippen molar-refractivity contribution < 1.29 is 18.3 Å². The normalized spacial score (nSPS) is 17.8. The van der Waals surface area contributed by atoms with Crippen molar-refractivity contribution in [2.75, 3.05) is 32.8 Å². The topological polar surface area (TPSA) is 41.6 Å². The summed E-state index contributed by atoms with van der Waals surface area (Å²) >= 11 is 0. The van der Waals surface area contributed by atoms with E-state index in [1.54, 1.807) is 6.92 Å². The van der Waals surface area contributed by atoms with Crippen molar-refractivity contribution in [3.05, 3.63) is 0 Å². The van der Waals surface area contributed by atoms with Gasteiger partial charge in [0.1, 0.15) is 6.61 Å². The summed E-state index contributed by atoms with van der Waals surface area (Å²) in [5.41, 5.74) is 0. The second kappa shape index (κ2) is 7.55. The smallest absolute Gasteiger partial charge is 0.261 e. The molecule has 0 radical (unpaired) electrons. The van der Waals surface area contributed by atoms with E-state index in [-0.39, 0.29) is 18.6 Å². The first-order valence-corrected chi connectivity index (χ1v) is 5.99. The number of alkyl halides is 2. The second-order valence-corrected chi connectivity index (χ2v) is 4.17. The van der Waals surface area contributed by atoms with Crippen LogP contribution in [-0.2, 0) is 9.53 Å². The third-order valence-electron chi connectivity index (χ3n) is 2.73. The predicted molar refractivity (Wildman–Crippen MR) is 60.1 cm³/mol. The quantitative estimate of drug-likeness (QED) is 0.682. The van der Waals surface area contributed by atoms with Gasteiger partial charge in [0, 0.05) is 19.6 Å². The van der Waals surface area contributed by atoms with E-state index in [1.165, 1.54) is 0 Å². The minimum atomic E-state index is -2.43. The molecule has 0 bridgehead atoms. The number of halogens is 2. The minimum absolute atomic E-state index is 0.0800. The van der Waals surface area contributed by atoms with Crippen LogP contribution in [0, 0.1) is 0 Å². The van der Waals surface area contributed by atoms with Gasteiger partial charge < -0.3 is 15.0 Å². The van der Waals surface area contributed by atoms with E-state index < -0.39 is 13.0 Å². The Morgan fingerprint density at radius 3 is 2.65 bits per heavy atom. The maximum atomic E-state index is 11.8. The molecule has 4 nitrogen and oxygen atoms in total. The van der Waals surface area contributed by atoms with Crippen molar-refractivity contribution in [3.8, 4) is 0 Å². The van der Waals surface area contributed by atoms with E-state index in [0.29, 0.717) is 6.54 Å². The average Bonchev–Trinajstić information content (AvgIpc) is 2.80. The van der Waals surface area contributed by atoms with Gasteiger partial charge in [-0.1, -0.05) is 0 Å². The third-order valence-corrected chi connectivity index (χ3v) is 2.73. The summed E-state index contributed by atoms with van der Waals surface area (Å²) < 4.78 is 28.2. The molecule has 1 N–H and O–H groups in total. The van der Waals surface area contributed by atoms with Crippen LogP contribution in [0.1, 0.15) is 19.8 Å². The maximum absolute atomic E-state index is 11.8. The van der Waals surface area contributed by atoms with Crippen molar-refractivity contribution in [3.63, 3.8) is 0 Å². The first kappa shape index (κ1) is 14.3. The number of carbonyl (C=O) groups excluding carboxylic acids is 1. The zero-order valence-electron chi connectivity index (χ0n) is 10.1. The van der Waals surface area contributed by atoms with Crippen molar-refractivity contribution in [2.24, 2.45) is 0 Å². The molecule has 6 heteroatoms. The maximum Gasteiger partial charge on any atom is 0.261 e. The predicted octanol–water partition coefficient (Wildman–Crippen LogP) is 0.869. The van der Waals surface area contributed by atoms with Gasteiger partial charge in [0.05, 0.1) is 12.6 Å². The molecule has 1 amide bonds. The van der Waals surface area contributed by atoms with Crippen LogP contribution in [0.5, 0.6) is 0 Å².